The number of halogens is 1. The van der Waals surface area contributed by atoms with Gasteiger partial charge >= 0.3 is 6.03 Å². The Kier molecular flexibility index (Phi) is 6.53. The van der Waals surface area contributed by atoms with Crippen LogP contribution in [0.3, 0.4) is 0 Å². The van der Waals surface area contributed by atoms with Gasteiger partial charge < -0.3 is 20.9 Å². The minimum Gasteiger partial charge on any atom is -0.352 e. The van der Waals surface area contributed by atoms with E-state index < -0.39 is 0 Å². The molecule has 3 fully saturated rings. The Hall–Kier alpha value is -1.01. The maximum atomic E-state index is 12.3. The molecular weight excluding hydrogens is 316 g/mol. The lowest BCUT2D eigenvalue weighted by molar-refractivity contribution is -0.122. The molecule has 7 heteroatoms. The molecule has 0 aromatic heterocycles. The molecule has 0 aromatic carbocycles. The van der Waals surface area contributed by atoms with Crippen LogP contribution in [0, 0.1) is 5.92 Å². The van der Waals surface area contributed by atoms with Gasteiger partial charge in [-0.15, -0.1) is 12.4 Å². The molecule has 3 heterocycles. The predicted molar refractivity (Wildman–Crippen MR) is 91.7 cm³/mol. The van der Waals surface area contributed by atoms with Crippen LogP contribution in [0.15, 0.2) is 0 Å². The Balaban J connectivity index is 0.00000192. The fourth-order valence-corrected chi connectivity index (χ4v) is 4.22. The summed E-state index contributed by atoms with van der Waals surface area (Å²) in [6, 6.07) is 1.37. The SMILES string of the molecule is CCNC(=O)N1CCC(NC(=O)CC2CC3CCC(C2)N3)C1.Cl. The standard InChI is InChI=1S/C16H28N4O2.ClH/c1-2-17-16(22)20-6-5-14(10-20)19-15(21)9-11-7-12-3-4-13(8-11)18-12;/h11-14,18H,2-10H2,1H3,(H,17,22)(H,19,21);1H. The zero-order chi connectivity index (χ0) is 15.5. The number of likely N-dealkylation sites (tertiary alicyclic amines) is 1. The highest BCUT2D eigenvalue weighted by Gasteiger charge is 2.34. The summed E-state index contributed by atoms with van der Waals surface area (Å²) in [6.07, 6.45) is 6.33. The highest BCUT2D eigenvalue weighted by Crippen LogP contribution is 2.32. The van der Waals surface area contributed by atoms with E-state index in [0.29, 0.717) is 37.5 Å². The van der Waals surface area contributed by atoms with E-state index in [0.717, 1.165) is 25.8 Å². The fraction of sp³-hybridized carbons (Fsp3) is 0.875. The molecule has 0 radical (unpaired) electrons. The average molecular weight is 345 g/mol. The van der Waals surface area contributed by atoms with Crippen molar-refractivity contribution >= 4 is 24.3 Å². The van der Waals surface area contributed by atoms with Gasteiger partial charge in [-0.25, -0.2) is 4.79 Å². The van der Waals surface area contributed by atoms with Crippen molar-refractivity contribution in [2.24, 2.45) is 5.92 Å². The van der Waals surface area contributed by atoms with E-state index in [1.165, 1.54) is 12.8 Å². The number of nitrogens with one attached hydrogen (secondary N) is 3. The molecule has 0 aromatic rings. The van der Waals surface area contributed by atoms with E-state index in [1.807, 2.05) is 6.92 Å². The molecule has 3 aliphatic heterocycles. The molecule has 3 unspecified atom stereocenters. The third kappa shape index (κ3) is 4.73. The van der Waals surface area contributed by atoms with Crippen LogP contribution in [0.1, 0.15) is 45.4 Å². The first-order chi connectivity index (χ1) is 10.6. The summed E-state index contributed by atoms with van der Waals surface area (Å²) >= 11 is 0. The molecule has 3 N–H and O–H groups in total. The molecule has 2 bridgehead atoms. The van der Waals surface area contributed by atoms with Crippen LogP contribution >= 0.6 is 12.4 Å². The third-order valence-electron chi connectivity index (χ3n) is 5.21. The number of piperidine rings is 1. The monoisotopic (exact) mass is 344 g/mol. The normalized spacial score (nSPS) is 32.3. The summed E-state index contributed by atoms with van der Waals surface area (Å²) < 4.78 is 0. The van der Waals surface area contributed by atoms with Crippen molar-refractivity contribution in [1.82, 2.24) is 20.9 Å². The number of hydrogen-bond acceptors (Lipinski definition) is 3. The smallest absolute Gasteiger partial charge is 0.317 e. The lowest BCUT2D eigenvalue weighted by atomic mass is 9.89. The van der Waals surface area contributed by atoms with E-state index in [9.17, 15) is 9.59 Å². The van der Waals surface area contributed by atoms with Crippen molar-refractivity contribution in [3.8, 4) is 0 Å². The summed E-state index contributed by atoms with van der Waals surface area (Å²) in [5.74, 6) is 0.689. The number of rotatable bonds is 4. The van der Waals surface area contributed by atoms with Crippen LogP contribution in [-0.2, 0) is 4.79 Å². The van der Waals surface area contributed by atoms with Gasteiger partial charge in [-0.3, -0.25) is 4.79 Å². The lowest BCUT2D eigenvalue weighted by Crippen LogP contribution is -2.43. The summed E-state index contributed by atoms with van der Waals surface area (Å²) in [4.78, 5) is 25.8. The molecule has 132 valence electrons. The van der Waals surface area contributed by atoms with E-state index in [4.69, 9.17) is 0 Å². The van der Waals surface area contributed by atoms with Gasteiger partial charge in [-0.2, -0.15) is 0 Å². The second-order valence-corrected chi connectivity index (χ2v) is 7.01. The van der Waals surface area contributed by atoms with Gasteiger partial charge in [0.15, 0.2) is 0 Å². The van der Waals surface area contributed by atoms with Crippen molar-refractivity contribution < 1.29 is 9.59 Å². The molecule has 3 saturated heterocycles. The van der Waals surface area contributed by atoms with Gasteiger partial charge in [0.1, 0.15) is 0 Å². The summed E-state index contributed by atoms with van der Waals surface area (Å²) in [6.45, 7) is 3.92. The molecular formula is C16H29ClN4O2. The molecule has 0 aliphatic carbocycles. The first-order valence-electron chi connectivity index (χ1n) is 8.72. The predicted octanol–water partition coefficient (Wildman–Crippen LogP) is 1.25. The van der Waals surface area contributed by atoms with Crippen LogP contribution in [0.25, 0.3) is 0 Å². The lowest BCUT2D eigenvalue weighted by Gasteiger charge is -2.29. The highest BCUT2D eigenvalue weighted by atomic mass is 35.5. The van der Waals surface area contributed by atoms with Crippen LogP contribution in [-0.4, -0.2) is 54.6 Å². The third-order valence-corrected chi connectivity index (χ3v) is 5.21. The molecule has 23 heavy (non-hydrogen) atoms. The second kappa shape index (κ2) is 8.20. The maximum absolute atomic E-state index is 12.3. The topological polar surface area (TPSA) is 73.5 Å². The van der Waals surface area contributed by atoms with E-state index in [1.54, 1.807) is 4.90 Å². The van der Waals surface area contributed by atoms with E-state index >= 15 is 0 Å². The number of hydrogen-bond donors (Lipinski definition) is 3. The molecule has 3 rings (SSSR count). The number of fused-ring (bicyclic) bond motifs is 2. The summed E-state index contributed by atoms with van der Waals surface area (Å²) in [5, 5.41) is 9.55. The van der Waals surface area contributed by atoms with Crippen molar-refractivity contribution in [1.29, 1.82) is 0 Å². The Morgan fingerprint density at radius 2 is 1.87 bits per heavy atom. The quantitative estimate of drug-likeness (QED) is 0.718. The van der Waals surface area contributed by atoms with Crippen LogP contribution < -0.4 is 16.0 Å². The molecule has 0 spiro atoms. The van der Waals surface area contributed by atoms with Gasteiger partial charge in [0.25, 0.3) is 0 Å². The number of carbonyl (C=O) groups is 2. The molecule has 3 aliphatic rings. The first kappa shape index (κ1) is 18.3. The number of urea groups is 1. The number of nitrogens with zero attached hydrogens (tertiary/aromatic N) is 1. The van der Waals surface area contributed by atoms with Crippen LogP contribution in [0.5, 0.6) is 0 Å². The summed E-state index contributed by atoms with van der Waals surface area (Å²) in [7, 11) is 0. The summed E-state index contributed by atoms with van der Waals surface area (Å²) in [5.41, 5.74) is 0. The fourth-order valence-electron chi connectivity index (χ4n) is 4.22. The van der Waals surface area contributed by atoms with E-state index in [-0.39, 0.29) is 30.4 Å². The Morgan fingerprint density at radius 1 is 1.17 bits per heavy atom. The van der Waals surface area contributed by atoms with Crippen molar-refractivity contribution in [2.45, 2.75) is 63.6 Å². The first-order valence-corrected chi connectivity index (χ1v) is 8.72. The van der Waals surface area contributed by atoms with Crippen molar-refractivity contribution in [2.75, 3.05) is 19.6 Å². The molecule has 3 amide bonds. The van der Waals surface area contributed by atoms with Gasteiger partial charge in [0.05, 0.1) is 0 Å². The van der Waals surface area contributed by atoms with Gasteiger partial charge in [-0.1, -0.05) is 0 Å². The Morgan fingerprint density at radius 3 is 2.52 bits per heavy atom. The van der Waals surface area contributed by atoms with E-state index in [2.05, 4.69) is 16.0 Å². The van der Waals surface area contributed by atoms with Gasteiger partial charge in [-0.05, 0) is 44.9 Å². The second-order valence-electron chi connectivity index (χ2n) is 7.01. The zero-order valence-electron chi connectivity index (χ0n) is 13.8. The Labute approximate surface area is 144 Å². The van der Waals surface area contributed by atoms with Crippen molar-refractivity contribution in [3.63, 3.8) is 0 Å². The average Bonchev–Trinajstić information content (AvgIpc) is 3.06. The molecule has 6 nitrogen and oxygen atoms in total. The molecule has 0 saturated carbocycles. The van der Waals surface area contributed by atoms with Gasteiger partial charge in [0, 0.05) is 44.2 Å². The molecule has 3 atom stereocenters. The number of carbonyl (C=O) groups excluding carboxylic acids is 2. The van der Waals surface area contributed by atoms with Crippen LogP contribution in [0.2, 0.25) is 0 Å². The maximum Gasteiger partial charge on any atom is 0.317 e. The largest absolute Gasteiger partial charge is 0.352 e. The Bertz CT molecular complexity index is 422. The minimum atomic E-state index is -0.0193. The highest BCUT2D eigenvalue weighted by molar-refractivity contribution is 5.85. The minimum absolute atomic E-state index is 0. The van der Waals surface area contributed by atoms with Crippen LogP contribution in [0.4, 0.5) is 4.79 Å². The number of amides is 3. The van der Waals surface area contributed by atoms with Crippen molar-refractivity contribution in [3.05, 3.63) is 0 Å². The van der Waals surface area contributed by atoms with Gasteiger partial charge in [0.2, 0.25) is 5.91 Å². The zero-order valence-corrected chi connectivity index (χ0v) is 14.7.